The lowest BCUT2D eigenvalue weighted by atomic mass is 10.8. The molecular formula is C5H8N2O2S2. The molecule has 0 aromatic heterocycles. The van der Waals surface area contributed by atoms with Crippen LogP contribution in [0.15, 0.2) is 16.2 Å². The first-order chi connectivity index (χ1) is 5.09. The molecule has 0 amide bonds. The zero-order valence-corrected chi connectivity index (χ0v) is 7.58. The quantitative estimate of drug-likeness (QED) is 0.665. The monoisotopic (exact) mass is 192 g/mol. The number of aliphatic imine (C=N–C) groups is 1. The number of hydrogen-bond acceptors (Lipinski definition) is 5. The van der Waals surface area contributed by atoms with Gasteiger partial charge in [-0.2, -0.15) is 11.8 Å². The Hall–Kier alpha value is -0.490. The average molecular weight is 192 g/mol. The molecule has 11 heavy (non-hydrogen) atoms. The molecule has 1 aliphatic rings. The second kappa shape index (κ2) is 2.86. The van der Waals surface area contributed by atoms with E-state index in [4.69, 9.17) is 5.73 Å². The third-order valence-corrected chi connectivity index (χ3v) is 3.57. The lowest BCUT2D eigenvalue weighted by molar-refractivity contribution is 0.612. The number of nitrogens with two attached hydrogens (primary N) is 1. The Bertz CT molecular complexity index is 315. The van der Waals surface area contributed by atoms with E-state index in [2.05, 4.69) is 4.99 Å². The van der Waals surface area contributed by atoms with E-state index in [0.717, 1.165) is 0 Å². The van der Waals surface area contributed by atoms with Gasteiger partial charge in [-0.05, 0) is 6.26 Å². The summed E-state index contributed by atoms with van der Waals surface area (Å²) in [6, 6.07) is 0. The molecule has 4 nitrogen and oxygen atoms in total. The van der Waals surface area contributed by atoms with Gasteiger partial charge in [-0.25, -0.2) is 13.4 Å². The van der Waals surface area contributed by atoms with E-state index in [1.54, 1.807) is 0 Å². The summed E-state index contributed by atoms with van der Waals surface area (Å²) in [5.41, 5.74) is 5.18. The fraction of sp³-hybridized carbons (Fsp3) is 0.400. The molecule has 2 N–H and O–H groups in total. The van der Waals surface area contributed by atoms with Gasteiger partial charge < -0.3 is 5.73 Å². The molecule has 0 aromatic rings. The van der Waals surface area contributed by atoms with Crippen molar-refractivity contribution < 1.29 is 8.42 Å². The summed E-state index contributed by atoms with van der Waals surface area (Å²) in [5.74, 6) is 0.388. The third kappa shape index (κ3) is 1.41. The van der Waals surface area contributed by atoms with Gasteiger partial charge in [0.05, 0.1) is 6.20 Å². The number of thioether (sulfide) groups is 1. The van der Waals surface area contributed by atoms with Gasteiger partial charge in [-0.1, -0.05) is 0 Å². The van der Waals surface area contributed by atoms with E-state index in [9.17, 15) is 8.42 Å². The second-order valence-corrected chi connectivity index (χ2v) is 4.81. The molecule has 1 heterocycles. The van der Waals surface area contributed by atoms with Crippen LogP contribution in [0, 0.1) is 0 Å². The van der Waals surface area contributed by atoms with Crippen LogP contribution in [0.2, 0.25) is 0 Å². The van der Waals surface area contributed by atoms with E-state index < -0.39 is 9.84 Å². The second-order valence-electron chi connectivity index (χ2n) is 1.99. The molecule has 0 atom stereocenters. The summed E-state index contributed by atoms with van der Waals surface area (Å²) in [5, 5.41) is 0.00375. The number of sulfone groups is 1. The standard InChI is InChI=1S/C5H8N2O2S2/c1-10-3-5-7-2-4(6)11(5,8)9/h2H,3,6H2,1H3. The van der Waals surface area contributed by atoms with Crippen molar-refractivity contribution in [1.82, 2.24) is 0 Å². The van der Waals surface area contributed by atoms with Gasteiger partial charge in [-0.3, -0.25) is 0 Å². The molecule has 0 saturated carbocycles. The van der Waals surface area contributed by atoms with Crippen LogP contribution in [0.3, 0.4) is 0 Å². The molecule has 1 aliphatic heterocycles. The van der Waals surface area contributed by atoms with Gasteiger partial charge in [0, 0.05) is 5.75 Å². The van der Waals surface area contributed by atoms with Crippen molar-refractivity contribution in [3.05, 3.63) is 11.2 Å². The number of rotatable bonds is 2. The molecule has 62 valence electrons. The molecule has 6 heteroatoms. The van der Waals surface area contributed by atoms with Crippen LogP contribution in [0.25, 0.3) is 0 Å². The van der Waals surface area contributed by atoms with Gasteiger partial charge >= 0.3 is 0 Å². The number of hydrogen-bond donors (Lipinski definition) is 1. The first kappa shape index (κ1) is 8.61. The van der Waals surface area contributed by atoms with Crippen molar-refractivity contribution in [2.45, 2.75) is 0 Å². The van der Waals surface area contributed by atoms with Gasteiger partial charge in [0.1, 0.15) is 5.04 Å². The van der Waals surface area contributed by atoms with Gasteiger partial charge in [0.15, 0.2) is 5.03 Å². The zero-order valence-electron chi connectivity index (χ0n) is 5.94. The Balaban J connectivity index is 2.93. The highest BCUT2D eigenvalue weighted by atomic mass is 32.2. The van der Waals surface area contributed by atoms with Crippen LogP contribution in [0.1, 0.15) is 0 Å². The molecule has 0 aromatic carbocycles. The van der Waals surface area contributed by atoms with Crippen molar-refractivity contribution in [2.75, 3.05) is 12.0 Å². The molecule has 0 fully saturated rings. The topological polar surface area (TPSA) is 72.5 Å². The molecule has 0 spiro atoms. The van der Waals surface area contributed by atoms with Gasteiger partial charge in [0.2, 0.25) is 9.84 Å². The number of nitrogens with zero attached hydrogens (tertiary/aromatic N) is 1. The molecule has 0 radical (unpaired) electrons. The predicted octanol–water partition coefficient (Wildman–Crippen LogP) is -0.0661. The van der Waals surface area contributed by atoms with Crippen molar-refractivity contribution in [3.63, 3.8) is 0 Å². The average Bonchev–Trinajstić information content (AvgIpc) is 2.16. The van der Waals surface area contributed by atoms with Gasteiger partial charge in [0.25, 0.3) is 0 Å². The van der Waals surface area contributed by atoms with Crippen molar-refractivity contribution in [2.24, 2.45) is 10.7 Å². The van der Waals surface area contributed by atoms with Crippen LogP contribution in [0.4, 0.5) is 0 Å². The molecular weight excluding hydrogens is 184 g/mol. The van der Waals surface area contributed by atoms with Crippen LogP contribution in [0.5, 0.6) is 0 Å². The van der Waals surface area contributed by atoms with Crippen LogP contribution in [-0.4, -0.2) is 25.5 Å². The molecule has 0 bridgehead atoms. The minimum absolute atomic E-state index is 0.151. The molecule has 1 rings (SSSR count). The fourth-order valence-corrected chi connectivity index (χ4v) is 2.60. The summed E-state index contributed by atoms with van der Waals surface area (Å²) in [7, 11) is -3.36. The normalized spacial score (nSPS) is 21.2. The summed E-state index contributed by atoms with van der Waals surface area (Å²) in [6.45, 7) is 0. The first-order valence-corrected chi connectivity index (χ1v) is 5.73. The van der Waals surface area contributed by atoms with Crippen molar-refractivity contribution in [3.8, 4) is 0 Å². The predicted molar refractivity (Wildman–Crippen MR) is 47.0 cm³/mol. The summed E-state index contributed by atoms with van der Waals surface area (Å²) in [6.07, 6.45) is 2.99. The maximum atomic E-state index is 11.1. The third-order valence-electron chi connectivity index (χ3n) is 1.22. The first-order valence-electron chi connectivity index (χ1n) is 2.85. The highest BCUT2D eigenvalue weighted by molar-refractivity contribution is 8.12. The maximum absolute atomic E-state index is 11.1. The van der Waals surface area contributed by atoms with Crippen LogP contribution < -0.4 is 5.73 Å². The Morgan fingerprint density at radius 1 is 1.73 bits per heavy atom. The summed E-state index contributed by atoms with van der Waals surface area (Å²) < 4.78 is 22.3. The van der Waals surface area contributed by atoms with Crippen LogP contribution in [-0.2, 0) is 9.84 Å². The Morgan fingerprint density at radius 3 is 2.73 bits per heavy atom. The maximum Gasteiger partial charge on any atom is 0.236 e. The van der Waals surface area contributed by atoms with Crippen molar-refractivity contribution in [1.29, 1.82) is 0 Å². The molecule has 0 unspecified atom stereocenters. The van der Waals surface area contributed by atoms with Crippen molar-refractivity contribution >= 4 is 26.6 Å². The molecule has 0 saturated heterocycles. The van der Waals surface area contributed by atoms with E-state index in [-0.39, 0.29) is 10.1 Å². The highest BCUT2D eigenvalue weighted by Gasteiger charge is 2.26. The van der Waals surface area contributed by atoms with E-state index >= 15 is 0 Å². The van der Waals surface area contributed by atoms with E-state index in [0.29, 0.717) is 5.75 Å². The largest absolute Gasteiger partial charge is 0.388 e. The van der Waals surface area contributed by atoms with E-state index in [1.165, 1.54) is 18.0 Å². The Labute approximate surface area is 69.5 Å². The summed E-state index contributed by atoms with van der Waals surface area (Å²) >= 11 is 1.40. The zero-order chi connectivity index (χ0) is 8.48. The van der Waals surface area contributed by atoms with Crippen LogP contribution >= 0.6 is 11.8 Å². The fourth-order valence-electron chi connectivity index (χ4n) is 0.649. The minimum Gasteiger partial charge on any atom is -0.388 e. The smallest absolute Gasteiger partial charge is 0.236 e. The summed E-state index contributed by atoms with van der Waals surface area (Å²) in [4.78, 5) is 3.68. The highest BCUT2D eigenvalue weighted by Crippen LogP contribution is 2.14. The van der Waals surface area contributed by atoms with E-state index in [1.807, 2.05) is 6.26 Å². The SMILES string of the molecule is CSCC1=NC=C(N)S1(=O)=O. The lowest BCUT2D eigenvalue weighted by Gasteiger charge is -1.97. The van der Waals surface area contributed by atoms with Gasteiger partial charge in [-0.15, -0.1) is 0 Å². The minimum atomic E-state index is -3.36. The lowest BCUT2D eigenvalue weighted by Crippen LogP contribution is -2.19. The molecule has 0 aliphatic carbocycles. The Morgan fingerprint density at radius 2 is 2.36 bits per heavy atom. The Kier molecular flexibility index (Phi) is 2.24.